The van der Waals surface area contributed by atoms with E-state index in [4.69, 9.17) is 5.73 Å². The van der Waals surface area contributed by atoms with Crippen LogP contribution in [0.1, 0.15) is 25.2 Å². The van der Waals surface area contributed by atoms with Crippen LogP contribution in [0.5, 0.6) is 0 Å². The quantitative estimate of drug-likeness (QED) is 0.464. The summed E-state index contributed by atoms with van der Waals surface area (Å²) in [6.07, 6.45) is 1.38. The molecular formula is C20H25N7O2S2. The Hall–Kier alpha value is -2.76. The third-order valence-electron chi connectivity index (χ3n) is 4.41. The van der Waals surface area contributed by atoms with Crippen molar-refractivity contribution in [1.82, 2.24) is 24.2 Å². The van der Waals surface area contributed by atoms with Crippen LogP contribution in [-0.2, 0) is 15.8 Å². The number of nitrogens with zero attached hydrogens (tertiary/aromatic N) is 5. The molecule has 0 aliphatic rings. The number of nitrogens with one attached hydrogen (secondary N) is 1. The van der Waals surface area contributed by atoms with Crippen LogP contribution in [0.2, 0.25) is 0 Å². The molecule has 0 saturated heterocycles. The minimum absolute atomic E-state index is 0.119. The van der Waals surface area contributed by atoms with Crippen LogP contribution in [0, 0.1) is 6.92 Å². The van der Waals surface area contributed by atoms with Gasteiger partial charge in [0.2, 0.25) is 21.9 Å². The molecule has 2 heterocycles. The molecule has 0 radical (unpaired) electrons. The fourth-order valence-electron chi connectivity index (χ4n) is 2.78. The lowest BCUT2D eigenvalue weighted by molar-refractivity contribution is 0.445. The topological polar surface area (TPSA) is 127 Å². The summed E-state index contributed by atoms with van der Waals surface area (Å²) in [5.74, 6) is 1.38. The minimum Gasteiger partial charge on any atom is -0.368 e. The highest BCUT2D eigenvalue weighted by molar-refractivity contribution is 7.98. The zero-order chi connectivity index (χ0) is 22.4. The largest absolute Gasteiger partial charge is 0.368 e. The average molecular weight is 460 g/mol. The van der Waals surface area contributed by atoms with Gasteiger partial charge < -0.3 is 11.1 Å². The lowest BCUT2D eigenvalue weighted by atomic mass is 10.2. The Bertz CT molecular complexity index is 1120. The fraction of sp³-hybridized carbons (Fsp3) is 0.300. The highest BCUT2D eigenvalue weighted by Gasteiger charge is 2.21. The van der Waals surface area contributed by atoms with E-state index in [1.165, 1.54) is 22.3 Å². The zero-order valence-electron chi connectivity index (χ0n) is 17.6. The van der Waals surface area contributed by atoms with Crippen molar-refractivity contribution in [3.8, 4) is 0 Å². The number of anilines is 3. The van der Waals surface area contributed by atoms with Crippen molar-refractivity contribution in [3.63, 3.8) is 0 Å². The number of aryl methyl sites for hydroxylation is 1. The Balaban J connectivity index is 1.68. The molecule has 11 heteroatoms. The first-order valence-corrected chi connectivity index (χ1v) is 12.2. The van der Waals surface area contributed by atoms with Gasteiger partial charge in [0.1, 0.15) is 10.7 Å². The fourth-order valence-corrected chi connectivity index (χ4v) is 4.88. The van der Waals surface area contributed by atoms with Crippen molar-refractivity contribution < 1.29 is 8.42 Å². The first-order valence-electron chi connectivity index (χ1n) is 9.75. The number of rotatable bonds is 9. The molecule has 0 aliphatic heterocycles. The molecule has 9 nitrogen and oxygen atoms in total. The summed E-state index contributed by atoms with van der Waals surface area (Å²) >= 11 is 1.38. The van der Waals surface area contributed by atoms with Crippen LogP contribution in [0.25, 0.3) is 0 Å². The Morgan fingerprint density at radius 1 is 1.03 bits per heavy atom. The molecule has 164 valence electrons. The first kappa shape index (κ1) is 22.9. The Labute approximate surface area is 186 Å². The number of nitrogens with two attached hydrogens (primary N) is 1. The summed E-state index contributed by atoms with van der Waals surface area (Å²) in [6, 6.07) is 11.1. The summed E-state index contributed by atoms with van der Waals surface area (Å²) in [6.45, 7) is 6.45. The number of hydrogen-bond donors (Lipinski definition) is 2. The number of benzene rings is 1. The number of pyridine rings is 1. The molecular weight excluding hydrogens is 434 g/mol. The molecule has 0 saturated carbocycles. The average Bonchev–Trinajstić information content (AvgIpc) is 2.74. The van der Waals surface area contributed by atoms with Crippen LogP contribution in [0.15, 0.2) is 52.5 Å². The number of aromatic nitrogens is 4. The third-order valence-corrected chi connectivity index (χ3v) is 7.38. The van der Waals surface area contributed by atoms with Gasteiger partial charge in [0.05, 0.1) is 10.8 Å². The van der Waals surface area contributed by atoms with E-state index in [1.54, 1.807) is 26.0 Å². The molecule has 0 unspecified atom stereocenters. The van der Waals surface area contributed by atoms with Gasteiger partial charge in [-0.3, -0.25) is 0 Å². The lowest BCUT2D eigenvalue weighted by Gasteiger charge is -2.18. The van der Waals surface area contributed by atoms with Crippen LogP contribution < -0.4 is 11.1 Å². The van der Waals surface area contributed by atoms with Crippen molar-refractivity contribution in [2.45, 2.75) is 36.4 Å². The predicted octanol–water partition coefficient (Wildman–Crippen LogP) is 3.22. The Morgan fingerprint density at radius 2 is 1.74 bits per heavy atom. The van der Waals surface area contributed by atoms with Crippen LogP contribution in [-0.4, -0.2) is 45.7 Å². The van der Waals surface area contributed by atoms with E-state index in [0.29, 0.717) is 35.6 Å². The van der Waals surface area contributed by atoms with Gasteiger partial charge in [-0.2, -0.15) is 19.3 Å². The molecule has 1 aromatic carbocycles. The molecule has 3 aromatic rings. The van der Waals surface area contributed by atoms with Crippen molar-refractivity contribution >= 4 is 39.4 Å². The van der Waals surface area contributed by atoms with E-state index in [-0.39, 0.29) is 10.8 Å². The van der Waals surface area contributed by atoms with Crippen molar-refractivity contribution in [3.05, 3.63) is 54.0 Å². The van der Waals surface area contributed by atoms with E-state index >= 15 is 0 Å². The Kier molecular flexibility index (Phi) is 7.42. The first-order chi connectivity index (χ1) is 14.8. The van der Waals surface area contributed by atoms with E-state index in [9.17, 15) is 8.42 Å². The lowest BCUT2D eigenvalue weighted by Crippen LogP contribution is -2.30. The predicted molar refractivity (Wildman–Crippen MR) is 123 cm³/mol. The van der Waals surface area contributed by atoms with Crippen molar-refractivity contribution in [2.75, 3.05) is 24.1 Å². The monoisotopic (exact) mass is 459 g/mol. The molecule has 0 spiro atoms. The SMILES string of the molecule is CCN(CC)S(=O)(=O)c1ccc(SCc2nc(N)nc(Nc3ccc(C)cc3)n2)nc1. The van der Waals surface area contributed by atoms with Gasteiger partial charge in [0.25, 0.3) is 0 Å². The second-order valence-corrected chi connectivity index (χ2v) is 9.57. The number of nitrogen functional groups attached to an aromatic ring is 1. The van der Waals surface area contributed by atoms with E-state index < -0.39 is 10.0 Å². The van der Waals surface area contributed by atoms with Gasteiger partial charge in [-0.1, -0.05) is 43.3 Å². The van der Waals surface area contributed by atoms with Gasteiger partial charge in [-0.15, -0.1) is 0 Å². The van der Waals surface area contributed by atoms with E-state index in [2.05, 4.69) is 25.3 Å². The zero-order valence-corrected chi connectivity index (χ0v) is 19.2. The summed E-state index contributed by atoms with van der Waals surface area (Å²) in [5.41, 5.74) is 7.83. The summed E-state index contributed by atoms with van der Waals surface area (Å²) in [7, 11) is -3.52. The maximum absolute atomic E-state index is 12.6. The molecule has 3 N–H and O–H groups in total. The standard InChI is InChI=1S/C20H25N7O2S2/c1-4-27(5-2)31(28,29)16-10-11-18(22-12-16)30-13-17-24-19(21)26-20(25-17)23-15-8-6-14(3)7-9-15/h6-12H,4-5,13H2,1-3H3,(H3,21,23,24,25,26). The number of sulfonamides is 1. The molecule has 0 aliphatic carbocycles. The normalized spacial score (nSPS) is 11.6. The maximum atomic E-state index is 12.6. The summed E-state index contributed by atoms with van der Waals surface area (Å²) in [4.78, 5) is 17.1. The Morgan fingerprint density at radius 3 is 2.35 bits per heavy atom. The minimum atomic E-state index is -3.52. The number of hydrogen-bond acceptors (Lipinski definition) is 9. The van der Waals surface area contributed by atoms with Crippen LogP contribution in [0.4, 0.5) is 17.6 Å². The van der Waals surface area contributed by atoms with Crippen molar-refractivity contribution in [1.29, 1.82) is 0 Å². The van der Waals surface area contributed by atoms with Gasteiger partial charge >= 0.3 is 0 Å². The van der Waals surface area contributed by atoms with Crippen LogP contribution >= 0.6 is 11.8 Å². The van der Waals surface area contributed by atoms with Gasteiger partial charge in [-0.05, 0) is 31.2 Å². The van der Waals surface area contributed by atoms with Gasteiger partial charge in [0.15, 0.2) is 0 Å². The molecule has 3 rings (SSSR count). The highest BCUT2D eigenvalue weighted by atomic mass is 32.2. The molecule has 0 fully saturated rings. The molecule has 2 aromatic heterocycles. The molecule has 0 amide bonds. The summed E-state index contributed by atoms with van der Waals surface area (Å²) < 4.78 is 26.5. The third kappa shape index (κ3) is 5.90. The van der Waals surface area contributed by atoms with E-state index in [1.807, 2.05) is 31.2 Å². The second-order valence-electron chi connectivity index (χ2n) is 6.63. The van der Waals surface area contributed by atoms with Crippen molar-refractivity contribution in [2.24, 2.45) is 0 Å². The van der Waals surface area contributed by atoms with Gasteiger partial charge in [0, 0.05) is 25.0 Å². The van der Waals surface area contributed by atoms with E-state index in [0.717, 1.165) is 11.3 Å². The van der Waals surface area contributed by atoms with Crippen LogP contribution in [0.3, 0.4) is 0 Å². The second kappa shape index (κ2) is 10.0. The maximum Gasteiger partial charge on any atom is 0.244 e. The molecule has 31 heavy (non-hydrogen) atoms. The highest BCUT2D eigenvalue weighted by Crippen LogP contribution is 2.23. The molecule has 0 atom stereocenters. The number of thioether (sulfide) groups is 1. The van der Waals surface area contributed by atoms with Gasteiger partial charge in [-0.25, -0.2) is 13.4 Å². The molecule has 0 bridgehead atoms. The summed E-state index contributed by atoms with van der Waals surface area (Å²) in [5, 5.41) is 3.78. The smallest absolute Gasteiger partial charge is 0.244 e.